The van der Waals surface area contributed by atoms with Gasteiger partial charge in [0.15, 0.2) is 0 Å². The summed E-state index contributed by atoms with van der Waals surface area (Å²) >= 11 is 15.1. The van der Waals surface area contributed by atoms with E-state index in [0.29, 0.717) is 9.86 Å². The van der Waals surface area contributed by atoms with Crippen LogP contribution < -0.4 is 11.3 Å². The van der Waals surface area contributed by atoms with Crippen LogP contribution in [0.1, 0.15) is 11.3 Å². The van der Waals surface area contributed by atoms with Crippen molar-refractivity contribution in [2.75, 3.05) is 5.43 Å². The van der Waals surface area contributed by atoms with Gasteiger partial charge < -0.3 is 5.43 Å². The van der Waals surface area contributed by atoms with Crippen molar-refractivity contribution in [2.45, 2.75) is 13.1 Å². The van der Waals surface area contributed by atoms with Gasteiger partial charge in [-0.05, 0) is 28.9 Å². The molecule has 0 saturated heterocycles. The number of halogens is 6. The van der Waals surface area contributed by atoms with E-state index in [0.717, 1.165) is 0 Å². The molecule has 0 bridgehead atoms. The zero-order chi connectivity index (χ0) is 15.2. The van der Waals surface area contributed by atoms with Crippen LogP contribution in [-0.2, 0) is 6.18 Å². The molecule has 2 aromatic rings. The second-order valence-corrected chi connectivity index (χ2v) is 5.60. The van der Waals surface area contributed by atoms with E-state index in [1.807, 2.05) is 0 Å². The van der Waals surface area contributed by atoms with Crippen LogP contribution in [0.5, 0.6) is 0 Å². The van der Waals surface area contributed by atoms with Crippen LogP contribution in [-0.4, -0.2) is 4.98 Å². The molecule has 0 atom stereocenters. The third-order valence-electron chi connectivity index (χ3n) is 2.77. The van der Waals surface area contributed by atoms with Gasteiger partial charge in [-0.15, -0.1) is 0 Å². The summed E-state index contributed by atoms with van der Waals surface area (Å²) in [5.41, 5.74) is 1.13. The molecule has 108 valence electrons. The minimum absolute atomic E-state index is 0.0641. The van der Waals surface area contributed by atoms with E-state index >= 15 is 0 Å². The Hall–Kier alpha value is -0.760. The molecular formula is C11H7BrCl2F3N3. The van der Waals surface area contributed by atoms with Crippen molar-refractivity contribution in [3.05, 3.63) is 31.8 Å². The number of rotatable bonds is 1. The van der Waals surface area contributed by atoms with E-state index in [1.54, 1.807) is 0 Å². The number of nitrogens with one attached hydrogen (secondary N) is 1. The van der Waals surface area contributed by atoms with Crippen LogP contribution in [0.2, 0.25) is 10.0 Å². The number of hydrazine groups is 1. The van der Waals surface area contributed by atoms with Gasteiger partial charge in [0, 0.05) is 15.4 Å². The third kappa shape index (κ3) is 2.43. The van der Waals surface area contributed by atoms with Crippen LogP contribution in [0.15, 0.2) is 10.5 Å². The summed E-state index contributed by atoms with van der Waals surface area (Å²) in [6.45, 7) is 1.28. The molecule has 1 aromatic heterocycles. The molecule has 0 aliphatic rings. The molecule has 0 unspecified atom stereocenters. The predicted octanol–water partition coefficient (Wildman–Crippen LogP) is 4.92. The van der Waals surface area contributed by atoms with Gasteiger partial charge in [0.1, 0.15) is 5.69 Å². The smallest absolute Gasteiger partial charge is 0.323 e. The van der Waals surface area contributed by atoms with Gasteiger partial charge >= 0.3 is 6.18 Å². The number of nitrogen functional groups attached to an aromatic ring is 1. The molecule has 2 rings (SSSR count). The number of benzene rings is 1. The topological polar surface area (TPSA) is 50.9 Å². The minimum atomic E-state index is -4.62. The summed E-state index contributed by atoms with van der Waals surface area (Å²) in [6.07, 6.45) is -4.62. The number of alkyl halides is 3. The van der Waals surface area contributed by atoms with Crippen LogP contribution in [0.25, 0.3) is 10.9 Å². The number of hydrogen-bond donors (Lipinski definition) is 2. The Bertz CT molecular complexity index is 704. The number of pyridine rings is 1. The molecule has 1 aromatic carbocycles. The van der Waals surface area contributed by atoms with Crippen LogP contribution >= 0.6 is 39.1 Å². The highest BCUT2D eigenvalue weighted by Crippen LogP contribution is 2.42. The maximum absolute atomic E-state index is 13.0. The lowest BCUT2D eigenvalue weighted by molar-refractivity contribution is -0.141. The number of fused-ring (bicyclic) bond motifs is 1. The molecular weight excluding hydrogens is 382 g/mol. The number of nitrogens with zero attached hydrogens (tertiary/aromatic N) is 1. The van der Waals surface area contributed by atoms with Crippen molar-refractivity contribution in [1.29, 1.82) is 0 Å². The molecule has 0 aliphatic carbocycles. The van der Waals surface area contributed by atoms with Gasteiger partial charge in [0.25, 0.3) is 0 Å². The number of hydrogen-bond acceptors (Lipinski definition) is 3. The number of nitrogens with two attached hydrogens (primary N) is 1. The molecule has 0 spiro atoms. The van der Waals surface area contributed by atoms with Crippen molar-refractivity contribution in [3.63, 3.8) is 0 Å². The molecule has 0 amide bonds. The van der Waals surface area contributed by atoms with Crippen molar-refractivity contribution in [2.24, 2.45) is 5.84 Å². The first kappa shape index (κ1) is 15.6. The summed E-state index contributed by atoms with van der Waals surface area (Å²) in [7, 11) is 0. The van der Waals surface area contributed by atoms with Crippen molar-refractivity contribution >= 4 is 55.7 Å². The summed E-state index contributed by atoms with van der Waals surface area (Å²) in [5.74, 6) is 5.33. The molecule has 0 saturated carbocycles. The lowest BCUT2D eigenvalue weighted by Gasteiger charge is -2.17. The Morgan fingerprint density at radius 1 is 1.30 bits per heavy atom. The first-order valence-electron chi connectivity index (χ1n) is 5.20. The molecule has 3 nitrogen and oxygen atoms in total. The van der Waals surface area contributed by atoms with E-state index in [9.17, 15) is 13.2 Å². The first-order valence-corrected chi connectivity index (χ1v) is 6.75. The summed E-state index contributed by atoms with van der Waals surface area (Å²) < 4.78 is 39.4. The lowest BCUT2D eigenvalue weighted by Crippen LogP contribution is -2.16. The minimum Gasteiger partial charge on any atom is -0.323 e. The molecule has 0 fully saturated rings. The van der Waals surface area contributed by atoms with E-state index in [2.05, 4.69) is 26.3 Å². The Labute approximate surface area is 130 Å². The molecule has 20 heavy (non-hydrogen) atoms. The molecule has 0 aliphatic heterocycles. The highest BCUT2D eigenvalue weighted by atomic mass is 79.9. The van der Waals surface area contributed by atoms with Crippen LogP contribution in [0.3, 0.4) is 0 Å². The van der Waals surface area contributed by atoms with Gasteiger partial charge in [-0.3, -0.25) is 5.84 Å². The maximum Gasteiger partial charge on any atom is 0.433 e. The normalized spacial score (nSPS) is 12.0. The third-order valence-corrected chi connectivity index (χ3v) is 4.48. The Kier molecular flexibility index (Phi) is 4.07. The second kappa shape index (κ2) is 5.22. The van der Waals surface area contributed by atoms with Crippen LogP contribution in [0.4, 0.5) is 18.9 Å². The number of anilines is 1. The Morgan fingerprint density at radius 2 is 1.90 bits per heavy atom. The molecule has 1 heterocycles. The molecule has 3 N–H and O–H groups in total. The fourth-order valence-corrected chi connectivity index (χ4v) is 2.79. The summed E-state index contributed by atoms with van der Waals surface area (Å²) in [4.78, 5) is 3.60. The van der Waals surface area contributed by atoms with Crippen molar-refractivity contribution in [1.82, 2.24) is 4.98 Å². The van der Waals surface area contributed by atoms with Gasteiger partial charge in [-0.25, -0.2) is 4.98 Å². The van der Waals surface area contributed by atoms with Crippen molar-refractivity contribution < 1.29 is 13.2 Å². The summed E-state index contributed by atoms with van der Waals surface area (Å²) in [6, 6.07) is 1.51. The molecule has 9 heteroatoms. The predicted molar refractivity (Wildman–Crippen MR) is 77.0 cm³/mol. The van der Waals surface area contributed by atoms with Gasteiger partial charge in [-0.2, -0.15) is 13.2 Å². The largest absolute Gasteiger partial charge is 0.433 e. The van der Waals surface area contributed by atoms with E-state index < -0.39 is 11.9 Å². The van der Waals surface area contributed by atoms with E-state index in [1.165, 1.54) is 13.0 Å². The lowest BCUT2D eigenvalue weighted by atomic mass is 10.1. The van der Waals surface area contributed by atoms with E-state index in [-0.39, 0.29) is 26.8 Å². The van der Waals surface area contributed by atoms with E-state index in [4.69, 9.17) is 29.0 Å². The van der Waals surface area contributed by atoms with Gasteiger partial charge in [-0.1, -0.05) is 23.2 Å². The SMILES string of the molecule is Cc1c(C(F)(F)F)nc2c(Cl)c(Cl)c(Br)cc2c1NN. The highest BCUT2D eigenvalue weighted by Gasteiger charge is 2.36. The van der Waals surface area contributed by atoms with Gasteiger partial charge in [0.2, 0.25) is 0 Å². The fraction of sp³-hybridized carbons (Fsp3) is 0.182. The van der Waals surface area contributed by atoms with Crippen LogP contribution in [0, 0.1) is 6.92 Å². The molecule has 0 radical (unpaired) electrons. The zero-order valence-corrected chi connectivity index (χ0v) is 13.0. The monoisotopic (exact) mass is 387 g/mol. The quantitative estimate of drug-likeness (QED) is 0.414. The maximum atomic E-state index is 13.0. The summed E-state index contributed by atoms with van der Waals surface area (Å²) in [5, 5.41) is 0.365. The average molecular weight is 389 g/mol. The number of aromatic nitrogens is 1. The van der Waals surface area contributed by atoms with Gasteiger partial charge in [0.05, 0.1) is 21.2 Å². The Morgan fingerprint density at radius 3 is 2.40 bits per heavy atom. The Balaban J connectivity index is 3.00. The fourth-order valence-electron chi connectivity index (χ4n) is 1.86. The zero-order valence-electron chi connectivity index (χ0n) is 9.87. The highest BCUT2D eigenvalue weighted by molar-refractivity contribution is 9.10. The standard InChI is InChI=1S/C11H7BrCl2F3N3/c1-3-8(20-18)4-2-5(12)6(13)7(14)9(4)19-10(3)11(15,16)17/h2H,18H2,1H3,(H,19,20). The average Bonchev–Trinajstić information content (AvgIpc) is 2.34. The first-order chi connectivity index (χ1) is 9.18. The second-order valence-electron chi connectivity index (χ2n) is 3.99. The van der Waals surface area contributed by atoms with Crippen molar-refractivity contribution in [3.8, 4) is 0 Å².